The first-order valence-corrected chi connectivity index (χ1v) is 7.42. The van der Waals surface area contributed by atoms with E-state index < -0.39 is 0 Å². The van der Waals surface area contributed by atoms with Gasteiger partial charge >= 0.3 is 0 Å². The molecule has 1 aliphatic carbocycles. The standard InChI is InChI=1S/C18H21NO2/c1-21-18-8-3-2-7-16(18)19-17(12-20)15-6-4-5-14(11-15)13-9-10-13/h2-8,11,13,17,19-20H,9-10,12H2,1H3. The topological polar surface area (TPSA) is 41.5 Å². The highest BCUT2D eigenvalue weighted by Gasteiger charge is 2.24. The van der Waals surface area contributed by atoms with E-state index in [9.17, 15) is 5.11 Å². The number of aliphatic hydroxyl groups is 1. The summed E-state index contributed by atoms with van der Waals surface area (Å²) < 4.78 is 5.35. The molecular formula is C18H21NO2. The maximum Gasteiger partial charge on any atom is 0.141 e. The highest BCUT2D eigenvalue weighted by atomic mass is 16.5. The Kier molecular flexibility index (Phi) is 4.11. The van der Waals surface area contributed by atoms with E-state index in [4.69, 9.17) is 4.74 Å². The Morgan fingerprint density at radius 1 is 1.19 bits per heavy atom. The smallest absolute Gasteiger partial charge is 0.141 e. The van der Waals surface area contributed by atoms with E-state index >= 15 is 0 Å². The van der Waals surface area contributed by atoms with Gasteiger partial charge in [0, 0.05) is 0 Å². The van der Waals surface area contributed by atoms with E-state index in [0.29, 0.717) is 0 Å². The van der Waals surface area contributed by atoms with Crippen LogP contribution in [0.1, 0.15) is 35.9 Å². The molecule has 3 heteroatoms. The number of nitrogens with one attached hydrogen (secondary N) is 1. The predicted octanol–water partition coefficient (Wildman–Crippen LogP) is 3.72. The molecule has 3 nitrogen and oxygen atoms in total. The Morgan fingerprint density at radius 2 is 2.00 bits per heavy atom. The van der Waals surface area contributed by atoms with Crippen LogP contribution in [0.2, 0.25) is 0 Å². The van der Waals surface area contributed by atoms with Crippen molar-refractivity contribution in [1.29, 1.82) is 0 Å². The summed E-state index contributed by atoms with van der Waals surface area (Å²) in [4.78, 5) is 0. The fraction of sp³-hybridized carbons (Fsp3) is 0.333. The monoisotopic (exact) mass is 283 g/mol. The second-order valence-corrected chi connectivity index (χ2v) is 5.52. The molecule has 0 bridgehead atoms. The lowest BCUT2D eigenvalue weighted by Crippen LogP contribution is -2.15. The third kappa shape index (κ3) is 3.19. The van der Waals surface area contributed by atoms with Crippen LogP contribution in [0.5, 0.6) is 5.75 Å². The van der Waals surface area contributed by atoms with Gasteiger partial charge in [0.2, 0.25) is 0 Å². The normalized spacial score (nSPS) is 15.5. The summed E-state index contributed by atoms with van der Waals surface area (Å²) in [5, 5.41) is 13.1. The average Bonchev–Trinajstić information content (AvgIpc) is 3.38. The second-order valence-electron chi connectivity index (χ2n) is 5.52. The molecule has 0 amide bonds. The van der Waals surface area contributed by atoms with E-state index in [2.05, 4.69) is 29.6 Å². The number of methoxy groups -OCH3 is 1. The van der Waals surface area contributed by atoms with Crippen LogP contribution < -0.4 is 10.1 Å². The molecule has 2 N–H and O–H groups in total. The maximum atomic E-state index is 9.75. The van der Waals surface area contributed by atoms with Gasteiger partial charge in [0.1, 0.15) is 5.75 Å². The summed E-state index contributed by atoms with van der Waals surface area (Å²) in [5.74, 6) is 1.50. The number of aliphatic hydroxyl groups excluding tert-OH is 1. The molecule has 0 radical (unpaired) electrons. The van der Waals surface area contributed by atoms with Gasteiger partial charge in [0.25, 0.3) is 0 Å². The van der Waals surface area contributed by atoms with Crippen LogP contribution >= 0.6 is 0 Å². The largest absolute Gasteiger partial charge is 0.495 e. The van der Waals surface area contributed by atoms with Crippen molar-refractivity contribution in [2.75, 3.05) is 19.0 Å². The molecule has 1 fully saturated rings. The van der Waals surface area contributed by atoms with Crippen LogP contribution in [0, 0.1) is 0 Å². The van der Waals surface area contributed by atoms with Crippen LogP contribution in [-0.4, -0.2) is 18.8 Å². The summed E-state index contributed by atoms with van der Waals surface area (Å²) in [6, 6.07) is 16.2. The van der Waals surface area contributed by atoms with Crippen molar-refractivity contribution >= 4 is 5.69 Å². The molecule has 2 aromatic carbocycles. The number of rotatable bonds is 6. The van der Waals surface area contributed by atoms with Gasteiger partial charge in [-0.25, -0.2) is 0 Å². The highest BCUT2D eigenvalue weighted by Crippen LogP contribution is 2.40. The molecule has 0 aliphatic heterocycles. The Hall–Kier alpha value is -2.00. The molecule has 0 heterocycles. The van der Waals surface area contributed by atoms with Gasteiger partial charge in [-0.1, -0.05) is 36.4 Å². The zero-order valence-corrected chi connectivity index (χ0v) is 12.3. The first-order chi connectivity index (χ1) is 10.3. The minimum atomic E-state index is -0.125. The minimum Gasteiger partial charge on any atom is -0.495 e. The van der Waals surface area contributed by atoms with Crippen molar-refractivity contribution in [2.45, 2.75) is 24.8 Å². The number of ether oxygens (including phenoxy) is 1. The molecule has 110 valence electrons. The molecule has 1 aliphatic rings. The Morgan fingerprint density at radius 3 is 2.71 bits per heavy atom. The van der Waals surface area contributed by atoms with Gasteiger partial charge in [-0.3, -0.25) is 0 Å². The van der Waals surface area contributed by atoms with Crippen LogP contribution in [0.4, 0.5) is 5.69 Å². The van der Waals surface area contributed by atoms with Crippen molar-refractivity contribution in [1.82, 2.24) is 0 Å². The Balaban J connectivity index is 1.82. The van der Waals surface area contributed by atoms with Crippen LogP contribution in [0.25, 0.3) is 0 Å². The van der Waals surface area contributed by atoms with Gasteiger partial charge in [-0.15, -0.1) is 0 Å². The molecular weight excluding hydrogens is 262 g/mol. The van der Waals surface area contributed by atoms with Crippen molar-refractivity contribution in [3.8, 4) is 5.75 Å². The van der Waals surface area contributed by atoms with Gasteiger partial charge in [0.05, 0.1) is 25.4 Å². The van der Waals surface area contributed by atoms with Gasteiger partial charge < -0.3 is 15.2 Å². The van der Waals surface area contributed by atoms with E-state index in [1.54, 1.807) is 7.11 Å². The maximum absolute atomic E-state index is 9.75. The third-order valence-corrected chi connectivity index (χ3v) is 3.98. The number of benzene rings is 2. The van der Waals surface area contributed by atoms with E-state index in [0.717, 1.165) is 22.9 Å². The van der Waals surface area contributed by atoms with E-state index in [1.807, 2.05) is 24.3 Å². The fourth-order valence-electron chi connectivity index (χ4n) is 2.63. The first kappa shape index (κ1) is 14.0. The zero-order valence-electron chi connectivity index (χ0n) is 12.3. The minimum absolute atomic E-state index is 0.0478. The lowest BCUT2D eigenvalue weighted by atomic mass is 10.0. The van der Waals surface area contributed by atoms with E-state index in [-0.39, 0.29) is 12.6 Å². The van der Waals surface area contributed by atoms with Crippen molar-refractivity contribution < 1.29 is 9.84 Å². The molecule has 0 aromatic heterocycles. The summed E-state index contributed by atoms with van der Waals surface area (Å²) in [6.45, 7) is 0.0478. The number of para-hydroxylation sites is 2. The fourth-order valence-corrected chi connectivity index (χ4v) is 2.63. The van der Waals surface area contributed by atoms with Crippen LogP contribution in [0.3, 0.4) is 0 Å². The third-order valence-electron chi connectivity index (χ3n) is 3.98. The number of hydrogen-bond acceptors (Lipinski definition) is 3. The van der Waals surface area contributed by atoms with Crippen molar-refractivity contribution in [2.24, 2.45) is 0 Å². The second kappa shape index (κ2) is 6.19. The molecule has 2 aromatic rings. The van der Waals surface area contributed by atoms with Crippen molar-refractivity contribution in [3.63, 3.8) is 0 Å². The summed E-state index contributed by atoms with van der Waals surface area (Å²) in [5.41, 5.74) is 3.40. The van der Waals surface area contributed by atoms with Gasteiger partial charge in [-0.05, 0) is 42.0 Å². The number of hydrogen-bond donors (Lipinski definition) is 2. The van der Waals surface area contributed by atoms with Gasteiger partial charge in [0.15, 0.2) is 0 Å². The molecule has 1 atom stereocenters. The lowest BCUT2D eigenvalue weighted by Gasteiger charge is -2.20. The van der Waals surface area contributed by atoms with Crippen LogP contribution in [-0.2, 0) is 0 Å². The van der Waals surface area contributed by atoms with Crippen LogP contribution in [0.15, 0.2) is 48.5 Å². The molecule has 21 heavy (non-hydrogen) atoms. The Labute approximate surface area is 125 Å². The molecule has 3 rings (SSSR count). The molecule has 1 saturated carbocycles. The average molecular weight is 283 g/mol. The SMILES string of the molecule is COc1ccccc1NC(CO)c1cccc(C2CC2)c1. The molecule has 0 saturated heterocycles. The molecule has 0 spiro atoms. The zero-order chi connectivity index (χ0) is 14.7. The highest BCUT2D eigenvalue weighted by molar-refractivity contribution is 5.57. The summed E-state index contributed by atoms with van der Waals surface area (Å²) in [7, 11) is 1.65. The summed E-state index contributed by atoms with van der Waals surface area (Å²) in [6.07, 6.45) is 2.57. The summed E-state index contributed by atoms with van der Waals surface area (Å²) >= 11 is 0. The van der Waals surface area contributed by atoms with Gasteiger partial charge in [-0.2, -0.15) is 0 Å². The molecule has 1 unspecified atom stereocenters. The van der Waals surface area contributed by atoms with E-state index in [1.165, 1.54) is 18.4 Å². The predicted molar refractivity (Wildman–Crippen MR) is 84.9 cm³/mol. The number of anilines is 1. The quantitative estimate of drug-likeness (QED) is 0.849. The first-order valence-electron chi connectivity index (χ1n) is 7.42. The van der Waals surface area contributed by atoms with Crippen molar-refractivity contribution in [3.05, 3.63) is 59.7 Å². The Bertz CT molecular complexity index is 608. The lowest BCUT2D eigenvalue weighted by molar-refractivity contribution is 0.276.